The van der Waals surface area contributed by atoms with Crippen molar-refractivity contribution in [2.24, 2.45) is 4.99 Å². The van der Waals surface area contributed by atoms with E-state index in [1.54, 1.807) is 33.2 Å². The van der Waals surface area contributed by atoms with Crippen LogP contribution < -0.4 is 15.0 Å². The van der Waals surface area contributed by atoms with Crippen molar-refractivity contribution in [2.75, 3.05) is 79.1 Å². The third-order valence-corrected chi connectivity index (χ3v) is 4.45. The third kappa shape index (κ3) is 6.32. The highest BCUT2D eigenvalue weighted by atomic mass is 16.5. The van der Waals surface area contributed by atoms with Gasteiger partial charge in [0.05, 0.1) is 13.7 Å². The average molecular weight is 377 g/mol. The molecule has 8 nitrogen and oxygen atoms in total. The van der Waals surface area contributed by atoms with E-state index >= 15 is 0 Å². The maximum absolute atomic E-state index is 11.9. The van der Waals surface area contributed by atoms with Gasteiger partial charge in [-0.15, -0.1) is 0 Å². The van der Waals surface area contributed by atoms with E-state index in [0.29, 0.717) is 13.2 Å². The van der Waals surface area contributed by atoms with Gasteiger partial charge in [0, 0.05) is 65.7 Å². The predicted octanol–water partition coefficient (Wildman–Crippen LogP) is 0.497. The van der Waals surface area contributed by atoms with Crippen LogP contribution in [0, 0.1) is 0 Å². The number of hydrogen-bond donors (Lipinski definition) is 1. The highest BCUT2D eigenvalue weighted by molar-refractivity contribution is 5.85. The quantitative estimate of drug-likeness (QED) is 0.424. The summed E-state index contributed by atoms with van der Waals surface area (Å²) in [6, 6.07) is 8.11. The molecule has 0 bridgehead atoms. The summed E-state index contributed by atoms with van der Waals surface area (Å²) >= 11 is 0. The molecule has 27 heavy (non-hydrogen) atoms. The Morgan fingerprint density at radius 2 is 1.96 bits per heavy atom. The van der Waals surface area contributed by atoms with Crippen LogP contribution in [0.1, 0.15) is 0 Å². The molecule has 1 saturated heterocycles. The number of methoxy groups -OCH3 is 2. The molecule has 150 valence electrons. The zero-order valence-corrected chi connectivity index (χ0v) is 16.8. The molecular weight excluding hydrogens is 346 g/mol. The minimum atomic E-state index is -0.0175. The maximum atomic E-state index is 11.9. The molecule has 0 spiro atoms. The van der Waals surface area contributed by atoms with Gasteiger partial charge in [-0.05, 0) is 12.1 Å². The molecule has 0 saturated carbocycles. The van der Waals surface area contributed by atoms with Crippen molar-refractivity contribution >= 4 is 17.6 Å². The number of aliphatic imine (C=N–C) groups is 1. The van der Waals surface area contributed by atoms with Crippen molar-refractivity contribution in [3.63, 3.8) is 0 Å². The Hall–Kier alpha value is -2.48. The lowest BCUT2D eigenvalue weighted by Gasteiger charge is -2.37. The first kappa shape index (κ1) is 20.8. The molecule has 2 rings (SSSR count). The van der Waals surface area contributed by atoms with E-state index in [9.17, 15) is 4.79 Å². The zero-order chi connectivity index (χ0) is 19.6. The fourth-order valence-corrected chi connectivity index (χ4v) is 2.80. The molecule has 1 heterocycles. The molecule has 0 aliphatic carbocycles. The molecule has 0 unspecified atom stereocenters. The van der Waals surface area contributed by atoms with E-state index in [1.165, 1.54) is 0 Å². The van der Waals surface area contributed by atoms with Gasteiger partial charge in [-0.2, -0.15) is 0 Å². The van der Waals surface area contributed by atoms with E-state index < -0.39 is 0 Å². The summed E-state index contributed by atoms with van der Waals surface area (Å²) in [5, 5.41) is 3.30. The van der Waals surface area contributed by atoms with Crippen molar-refractivity contribution in [2.45, 2.75) is 0 Å². The average Bonchev–Trinajstić information content (AvgIpc) is 2.70. The number of rotatable bonds is 7. The maximum Gasteiger partial charge on any atom is 0.243 e. The Labute approximate surface area is 161 Å². The zero-order valence-electron chi connectivity index (χ0n) is 16.8. The molecule has 1 aromatic rings. The molecule has 1 aliphatic rings. The SMILES string of the molecule is COCCNC(=NCC(=O)N(C)C)N1CCN(c2cccc(OC)c2)CC1. The second kappa shape index (κ2) is 10.6. The van der Waals surface area contributed by atoms with E-state index in [2.05, 4.69) is 32.2 Å². The number of benzene rings is 1. The lowest BCUT2D eigenvalue weighted by atomic mass is 10.2. The van der Waals surface area contributed by atoms with Crippen molar-refractivity contribution in [3.05, 3.63) is 24.3 Å². The highest BCUT2D eigenvalue weighted by Gasteiger charge is 2.20. The number of amides is 1. The fraction of sp³-hybridized carbons (Fsp3) is 0.579. The fourth-order valence-electron chi connectivity index (χ4n) is 2.80. The Kier molecular flexibility index (Phi) is 8.19. The van der Waals surface area contributed by atoms with Crippen LogP contribution in [0.3, 0.4) is 0 Å². The van der Waals surface area contributed by atoms with Crippen LogP contribution in [0.4, 0.5) is 5.69 Å². The first-order valence-electron chi connectivity index (χ1n) is 9.16. The minimum absolute atomic E-state index is 0.0175. The molecule has 1 fully saturated rings. The molecule has 1 N–H and O–H groups in total. The Morgan fingerprint density at radius 3 is 2.59 bits per heavy atom. The van der Waals surface area contributed by atoms with Gasteiger partial charge in [0.25, 0.3) is 0 Å². The summed E-state index contributed by atoms with van der Waals surface area (Å²) in [6.45, 7) is 4.78. The van der Waals surface area contributed by atoms with Gasteiger partial charge in [-0.25, -0.2) is 4.99 Å². The summed E-state index contributed by atoms with van der Waals surface area (Å²) in [5.74, 6) is 1.60. The number of guanidine groups is 1. The Balaban J connectivity index is 1.98. The number of nitrogens with one attached hydrogen (secondary N) is 1. The number of ether oxygens (including phenoxy) is 2. The summed E-state index contributed by atoms with van der Waals surface area (Å²) in [4.78, 5) is 22.5. The van der Waals surface area contributed by atoms with Gasteiger partial charge in [0.2, 0.25) is 5.91 Å². The number of carbonyl (C=O) groups excluding carboxylic acids is 1. The van der Waals surface area contributed by atoms with Crippen LogP contribution in [-0.2, 0) is 9.53 Å². The topological polar surface area (TPSA) is 69.6 Å². The van der Waals surface area contributed by atoms with Crippen LogP contribution >= 0.6 is 0 Å². The first-order valence-corrected chi connectivity index (χ1v) is 9.16. The summed E-state index contributed by atoms with van der Waals surface area (Å²) in [6.07, 6.45) is 0. The monoisotopic (exact) mass is 377 g/mol. The minimum Gasteiger partial charge on any atom is -0.497 e. The molecule has 0 radical (unpaired) electrons. The van der Waals surface area contributed by atoms with E-state index in [4.69, 9.17) is 9.47 Å². The Bertz CT molecular complexity index is 628. The van der Waals surface area contributed by atoms with Gasteiger partial charge in [-0.1, -0.05) is 6.07 Å². The number of hydrogen-bond acceptors (Lipinski definition) is 5. The third-order valence-electron chi connectivity index (χ3n) is 4.45. The van der Waals surface area contributed by atoms with E-state index in [-0.39, 0.29) is 12.5 Å². The van der Waals surface area contributed by atoms with Gasteiger partial charge < -0.3 is 29.5 Å². The van der Waals surface area contributed by atoms with E-state index in [0.717, 1.165) is 43.6 Å². The lowest BCUT2D eigenvalue weighted by molar-refractivity contribution is -0.127. The number of likely N-dealkylation sites (N-methyl/N-ethyl adjacent to an activating group) is 1. The van der Waals surface area contributed by atoms with Crippen molar-refractivity contribution < 1.29 is 14.3 Å². The normalized spacial score (nSPS) is 14.9. The number of anilines is 1. The van der Waals surface area contributed by atoms with Crippen molar-refractivity contribution in [3.8, 4) is 5.75 Å². The molecule has 0 aromatic heterocycles. The molecule has 1 aromatic carbocycles. The second-order valence-electron chi connectivity index (χ2n) is 6.52. The number of carbonyl (C=O) groups is 1. The molecule has 1 aliphatic heterocycles. The highest BCUT2D eigenvalue weighted by Crippen LogP contribution is 2.22. The largest absolute Gasteiger partial charge is 0.497 e. The van der Waals surface area contributed by atoms with Crippen LogP contribution in [0.2, 0.25) is 0 Å². The van der Waals surface area contributed by atoms with Crippen LogP contribution in [-0.4, -0.2) is 95.9 Å². The van der Waals surface area contributed by atoms with Gasteiger partial charge in [-0.3, -0.25) is 4.79 Å². The summed E-state index contributed by atoms with van der Waals surface area (Å²) in [5.41, 5.74) is 1.16. The predicted molar refractivity (Wildman–Crippen MR) is 108 cm³/mol. The molecule has 8 heteroatoms. The lowest BCUT2D eigenvalue weighted by Crippen LogP contribution is -2.53. The van der Waals surface area contributed by atoms with Gasteiger partial charge in [0.15, 0.2) is 5.96 Å². The van der Waals surface area contributed by atoms with Crippen molar-refractivity contribution in [1.82, 2.24) is 15.1 Å². The molecule has 1 amide bonds. The number of nitrogens with zero attached hydrogens (tertiary/aromatic N) is 4. The smallest absolute Gasteiger partial charge is 0.243 e. The summed E-state index contributed by atoms with van der Waals surface area (Å²) in [7, 11) is 6.83. The summed E-state index contributed by atoms with van der Waals surface area (Å²) < 4.78 is 10.4. The standard InChI is InChI=1S/C19H31N5O3/c1-22(2)18(25)15-21-19(20-8-13-26-3)24-11-9-23(10-12-24)16-6-5-7-17(14-16)27-4/h5-7,14H,8-13,15H2,1-4H3,(H,20,21). The van der Waals surface area contributed by atoms with Crippen LogP contribution in [0.15, 0.2) is 29.3 Å². The molecular formula is C19H31N5O3. The van der Waals surface area contributed by atoms with Crippen LogP contribution in [0.25, 0.3) is 0 Å². The van der Waals surface area contributed by atoms with Crippen LogP contribution in [0.5, 0.6) is 5.75 Å². The van der Waals surface area contributed by atoms with Gasteiger partial charge >= 0.3 is 0 Å². The molecule has 0 atom stereocenters. The van der Waals surface area contributed by atoms with Gasteiger partial charge in [0.1, 0.15) is 12.3 Å². The number of piperazine rings is 1. The first-order chi connectivity index (χ1) is 13.0. The van der Waals surface area contributed by atoms with Crippen molar-refractivity contribution in [1.29, 1.82) is 0 Å². The van der Waals surface area contributed by atoms with E-state index in [1.807, 2.05) is 12.1 Å². The second-order valence-corrected chi connectivity index (χ2v) is 6.52. The Morgan fingerprint density at radius 1 is 1.22 bits per heavy atom.